The van der Waals surface area contributed by atoms with Crippen LogP contribution < -0.4 is 5.50 Å². The predicted octanol–water partition coefficient (Wildman–Crippen LogP) is -1.10. The van der Waals surface area contributed by atoms with Crippen LogP contribution in [0.2, 0.25) is 0 Å². The largest absolute Gasteiger partial charge is 0.422 e. The van der Waals surface area contributed by atoms with E-state index in [-0.39, 0.29) is 5.06 Å². The number of nitrogens with two attached hydrogens (primary N) is 1. The summed E-state index contributed by atoms with van der Waals surface area (Å²) in [5, 5.41) is 0.126. The summed E-state index contributed by atoms with van der Waals surface area (Å²) in [7, 11) is -4.35. The van der Waals surface area contributed by atoms with Gasteiger partial charge >= 0.3 is 7.75 Å². The molecule has 0 aromatic carbocycles. The maximum Gasteiger partial charge on any atom is 0.422 e. The highest BCUT2D eigenvalue weighted by Gasteiger charge is 2.30. The van der Waals surface area contributed by atoms with Gasteiger partial charge in [0.15, 0.2) is 0 Å². The number of rotatable bonds is 2. The van der Waals surface area contributed by atoms with E-state index in [1.54, 1.807) is 0 Å². The smallest absolute Gasteiger partial charge is 0.311 e. The van der Waals surface area contributed by atoms with Gasteiger partial charge < -0.3 is 4.89 Å². The minimum atomic E-state index is -4.35. The van der Waals surface area contributed by atoms with E-state index in [2.05, 4.69) is 10.1 Å². The molecule has 0 spiro atoms. The standard InChI is InChI=1S/C4H5N2O5P/c5-12(9,10)11-6-3(7)1-2-4(6)8/h1-2H,(H3,5,9,10). The fraction of sp³-hybridized carbons (Fsp3) is 0. The average Bonchev–Trinajstić information content (AvgIpc) is 2.16. The molecule has 0 saturated carbocycles. The van der Waals surface area contributed by atoms with Crippen molar-refractivity contribution >= 4 is 19.6 Å². The van der Waals surface area contributed by atoms with E-state index in [0.717, 1.165) is 12.2 Å². The van der Waals surface area contributed by atoms with Crippen molar-refractivity contribution in [1.82, 2.24) is 5.06 Å². The highest BCUT2D eigenvalue weighted by molar-refractivity contribution is 7.50. The Morgan fingerprint density at radius 1 is 1.42 bits per heavy atom. The van der Waals surface area contributed by atoms with E-state index in [4.69, 9.17) is 4.89 Å². The van der Waals surface area contributed by atoms with Crippen LogP contribution in [0.15, 0.2) is 12.2 Å². The Bertz CT molecular complexity index is 287. The predicted molar refractivity (Wildman–Crippen MR) is 36.1 cm³/mol. The van der Waals surface area contributed by atoms with E-state index in [0.29, 0.717) is 0 Å². The molecule has 66 valence electrons. The number of amides is 2. The Balaban J connectivity index is 2.73. The molecule has 7 nitrogen and oxygen atoms in total. The lowest BCUT2D eigenvalue weighted by molar-refractivity contribution is -0.164. The van der Waals surface area contributed by atoms with Crippen LogP contribution >= 0.6 is 7.75 Å². The number of nitrogens with zero attached hydrogens (tertiary/aromatic N) is 1. The molecule has 0 fully saturated rings. The lowest BCUT2D eigenvalue weighted by atomic mass is 10.6. The molecule has 0 radical (unpaired) electrons. The third-order valence-corrected chi connectivity index (χ3v) is 1.36. The van der Waals surface area contributed by atoms with Gasteiger partial charge in [-0.2, -0.15) is 4.62 Å². The molecule has 1 rings (SSSR count). The highest BCUT2D eigenvalue weighted by atomic mass is 31.2. The van der Waals surface area contributed by atoms with E-state index in [1.165, 1.54) is 0 Å². The van der Waals surface area contributed by atoms with Crippen LogP contribution in [0, 0.1) is 0 Å². The van der Waals surface area contributed by atoms with Gasteiger partial charge in [0.1, 0.15) is 0 Å². The Morgan fingerprint density at radius 3 is 2.17 bits per heavy atom. The zero-order chi connectivity index (χ0) is 9.35. The Morgan fingerprint density at radius 2 is 1.83 bits per heavy atom. The molecule has 0 saturated heterocycles. The van der Waals surface area contributed by atoms with Crippen molar-refractivity contribution in [3.05, 3.63) is 12.2 Å². The van der Waals surface area contributed by atoms with Gasteiger partial charge in [-0.25, -0.2) is 10.1 Å². The molecule has 0 aliphatic carbocycles. The minimum Gasteiger partial charge on any atom is -0.311 e. The summed E-state index contributed by atoms with van der Waals surface area (Å²) in [4.78, 5) is 29.8. The Kier molecular flexibility index (Phi) is 2.12. The molecule has 1 unspecified atom stereocenters. The fourth-order valence-electron chi connectivity index (χ4n) is 0.584. The number of hydroxylamine groups is 2. The maximum atomic E-state index is 10.7. The number of carbonyl (C=O) groups is 2. The number of hydrogen-bond acceptors (Lipinski definition) is 4. The van der Waals surface area contributed by atoms with E-state index >= 15 is 0 Å². The van der Waals surface area contributed by atoms with Gasteiger partial charge in [-0.05, 0) is 0 Å². The quantitative estimate of drug-likeness (QED) is 0.424. The van der Waals surface area contributed by atoms with Crippen molar-refractivity contribution in [3.8, 4) is 0 Å². The SMILES string of the molecule is NP(=O)(O)ON1C(=O)C=CC1=O. The summed E-state index contributed by atoms with van der Waals surface area (Å²) in [6, 6.07) is 0. The van der Waals surface area contributed by atoms with Crippen molar-refractivity contribution in [3.63, 3.8) is 0 Å². The molecule has 3 N–H and O–H groups in total. The zero-order valence-electron chi connectivity index (χ0n) is 5.71. The van der Waals surface area contributed by atoms with Crippen LogP contribution in [-0.2, 0) is 18.8 Å². The average molecular weight is 192 g/mol. The van der Waals surface area contributed by atoms with Crippen molar-refractivity contribution < 1.29 is 23.7 Å². The molecule has 8 heteroatoms. The Hall–Kier alpha value is -1.01. The fourth-order valence-corrected chi connectivity index (χ4v) is 0.979. The van der Waals surface area contributed by atoms with Crippen LogP contribution in [0.4, 0.5) is 0 Å². The second-order valence-corrected chi connectivity index (χ2v) is 3.24. The van der Waals surface area contributed by atoms with Crippen LogP contribution in [0.25, 0.3) is 0 Å². The molecular weight excluding hydrogens is 187 g/mol. The van der Waals surface area contributed by atoms with Crippen LogP contribution in [0.1, 0.15) is 0 Å². The second kappa shape index (κ2) is 2.80. The summed E-state index contributed by atoms with van der Waals surface area (Å²) < 4.78 is 14.4. The lowest BCUT2D eigenvalue weighted by Crippen LogP contribution is -2.30. The van der Waals surface area contributed by atoms with Crippen molar-refractivity contribution in [2.24, 2.45) is 5.50 Å². The number of carbonyl (C=O) groups excluding carboxylic acids is 2. The van der Waals surface area contributed by atoms with Gasteiger partial charge in [-0.15, -0.1) is 5.06 Å². The van der Waals surface area contributed by atoms with Crippen molar-refractivity contribution in [2.75, 3.05) is 0 Å². The molecule has 0 bridgehead atoms. The molecule has 2 amide bonds. The summed E-state index contributed by atoms with van der Waals surface area (Å²) >= 11 is 0. The van der Waals surface area contributed by atoms with E-state index in [1.807, 2.05) is 0 Å². The van der Waals surface area contributed by atoms with E-state index < -0.39 is 19.6 Å². The number of hydrogen-bond donors (Lipinski definition) is 2. The van der Waals surface area contributed by atoms with Crippen LogP contribution in [-0.4, -0.2) is 21.8 Å². The summed E-state index contributed by atoms with van der Waals surface area (Å²) in [6.07, 6.45) is 1.80. The zero-order valence-corrected chi connectivity index (χ0v) is 6.60. The molecule has 12 heavy (non-hydrogen) atoms. The number of imide groups is 1. The van der Waals surface area contributed by atoms with Gasteiger partial charge in [-0.1, -0.05) is 0 Å². The molecule has 1 aliphatic rings. The monoisotopic (exact) mass is 192 g/mol. The third-order valence-electron chi connectivity index (χ3n) is 0.967. The first kappa shape index (κ1) is 9.08. The first-order valence-electron chi connectivity index (χ1n) is 2.77. The highest BCUT2D eigenvalue weighted by Crippen LogP contribution is 2.33. The van der Waals surface area contributed by atoms with Gasteiger partial charge in [0, 0.05) is 12.2 Å². The van der Waals surface area contributed by atoms with Gasteiger partial charge in [0.05, 0.1) is 0 Å². The lowest BCUT2D eigenvalue weighted by Gasteiger charge is -2.13. The minimum absolute atomic E-state index is 0.126. The first-order chi connectivity index (χ1) is 5.40. The van der Waals surface area contributed by atoms with Crippen LogP contribution in [0.5, 0.6) is 0 Å². The second-order valence-electron chi connectivity index (χ2n) is 1.95. The van der Waals surface area contributed by atoms with Crippen molar-refractivity contribution in [2.45, 2.75) is 0 Å². The van der Waals surface area contributed by atoms with Gasteiger partial charge in [-0.3, -0.25) is 9.59 Å². The molecular formula is C4H5N2O5P. The molecule has 0 aromatic rings. The summed E-state index contributed by atoms with van der Waals surface area (Å²) in [6.45, 7) is 0. The molecule has 1 aliphatic heterocycles. The van der Waals surface area contributed by atoms with Crippen LogP contribution in [0.3, 0.4) is 0 Å². The normalized spacial score (nSPS) is 21.7. The van der Waals surface area contributed by atoms with Gasteiger partial charge in [0.25, 0.3) is 11.8 Å². The van der Waals surface area contributed by atoms with E-state index in [9.17, 15) is 14.2 Å². The summed E-state index contributed by atoms with van der Waals surface area (Å²) in [5.41, 5.74) is 4.55. The van der Waals surface area contributed by atoms with Crippen molar-refractivity contribution in [1.29, 1.82) is 0 Å². The molecule has 1 atom stereocenters. The topological polar surface area (TPSA) is 110 Å². The Labute approximate surface area is 66.9 Å². The molecule has 1 heterocycles. The van der Waals surface area contributed by atoms with Gasteiger partial charge in [0.2, 0.25) is 0 Å². The summed E-state index contributed by atoms with van der Waals surface area (Å²) in [5.74, 6) is -1.67. The molecule has 0 aromatic heterocycles. The third kappa shape index (κ3) is 1.99. The first-order valence-corrected chi connectivity index (χ1v) is 4.42. The maximum absolute atomic E-state index is 10.7.